The van der Waals surface area contributed by atoms with E-state index in [1.54, 1.807) is 36.5 Å². The van der Waals surface area contributed by atoms with Gasteiger partial charge in [-0.25, -0.2) is 9.78 Å². The fourth-order valence-corrected chi connectivity index (χ4v) is 3.22. The lowest BCUT2D eigenvalue weighted by atomic mass is 10.1. The summed E-state index contributed by atoms with van der Waals surface area (Å²) in [6.07, 6.45) is 4.19. The molecular formula is C21H20N6O2. The third-order valence-corrected chi connectivity index (χ3v) is 4.83. The number of fused-ring (bicyclic) bond motifs is 1. The number of nitrogens with one attached hydrogen (secondary N) is 1. The van der Waals surface area contributed by atoms with Crippen molar-refractivity contribution in [1.82, 2.24) is 15.0 Å². The van der Waals surface area contributed by atoms with E-state index in [-0.39, 0.29) is 6.03 Å². The second-order valence-corrected chi connectivity index (χ2v) is 6.95. The van der Waals surface area contributed by atoms with E-state index in [9.17, 15) is 9.59 Å². The van der Waals surface area contributed by atoms with Crippen LogP contribution in [0.25, 0.3) is 0 Å². The SMILES string of the molecule is Cc1ccc(Nc2ncc3c(n2)N(C)C(=O)N(c2cc(C=O)ccc2C)C3)cn1. The molecule has 4 rings (SSSR count). The van der Waals surface area contributed by atoms with E-state index >= 15 is 0 Å². The number of aldehydes is 1. The molecule has 0 fully saturated rings. The van der Waals surface area contributed by atoms with E-state index in [0.717, 1.165) is 28.8 Å². The molecule has 1 aromatic carbocycles. The molecule has 0 aliphatic carbocycles. The first-order valence-corrected chi connectivity index (χ1v) is 9.13. The predicted molar refractivity (Wildman–Crippen MR) is 111 cm³/mol. The minimum absolute atomic E-state index is 0.217. The molecule has 0 saturated carbocycles. The van der Waals surface area contributed by atoms with Crippen LogP contribution in [0.3, 0.4) is 0 Å². The van der Waals surface area contributed by atoms with Gasteiger partial charge in [0.25, 0.3) is 0 Å². The summed E-state index contributed by atoms with van der Waals surface area (Å²) in [5.41, 5.74) is 4.63. The zero-order valence-electron chi connectivity index (χ0n) is 16.4. The summed E-state index contributed by atoms with van der Waals surface area (Å²) in [7, 11) is 1.68. The second-order valence-electron chi connectivity index (χ2n) is 6.95. The number of aryl methyl sites for hydroxylation is 2. The van der Waals surface area contributed by atoms with E-state index in [0.29, 0.717) is 29.6 Å². The molecule has 3 heterocycles. The summed E-state index contributed by atoms with van der Waals surface area (Å²) >= 11 is 0. The number of carbonyl (C=O) groups is 2. The van der Waals surface area contributed by atoms with Gasteiger partial charge in [0.15, 0.2) is 0 Å². The molecule has 29 heavy (non-hydrogen) atoms. The third kappa shape index (κ3) is 3.52. The lowest BCUT2D eigenvalue weighted by Crippen LogP contribution is -2.46. The number of carbonyl (C=O) groups excluding carboxylic acids is 2. The van der Waals surface area contributed by atoms with Crippen LogP contribution in [0.2, 0.25) is 0 Å². The zero-order chi connectivity index (χ0) is 20.5. The van der Waals surface area contributed by atoms with Crippen molar-refractivity contribution >= 4 is 35.5 Å². The van der Waals surface area contributed by atoms with Crippen LogP contribution >= 0.6 is 0 Å². The second kappa shape index (κ2) is 7.31. The first-order chi connectivity index (χ1) is 14.0. The van der Waals surface area contributed by atoms with Gasteiger partial charge in [0.05, 0.1) is 18.4 Å². The number of rotatable bonds is 4. The first kappa shape index (κ1) is 18.5. The van der Waals surface area contributed by atoms with Gasteiger partial charge in [-0.2, -0.15) is 4.98 Å². The first-order valence-electron chi connectivity index (χ1n) is 9.13. The van der Waals surface area contributed by atoms with Gasteiger partial charge in [-0.3, -0.25) is 19.6 Å². The maximum atomic E-state index is 13.0. The Balaban J connectivity index is 1.65. The summed E-state index contributed by atoms with van der Waals surface area (Å²) in [5.74, 6) is 0.939. The Morgan fingerprint density at radius 3 is 2.66 bits per heavy atom. The van der Waals surface area contributed by atoms with Crippen molar-refractivity contribution in [2.45, 2.75) is 20.4 Å². The number of aromatic nitrogens is 3. The number of pyridine rings is 1. The Morgan fingerprint density at radius 1 is 1.10 bits per heavy atom. The van der Waals surface area contributed by atoms with Crippen molar-refractivity contribution in [3.05, 3.63) is 65.1 Å². The van der Waals surface area contributed by atoms with Crippen LogP contribution in [0, 0.1) is 13.8 Å². The highest BCUT2D eigenvalue weighted by atomic mass is 16.2. The van der Waals surface area contributed by atoms with Crippen molar-refractivity contribution in [2.75, 3.05) is 22.2 Å². The lowest BCUT2D eigenvalue weighted by molar-refractivity contribution is 0.112. The Hall–Kier alpha value is -3.81. The molecule has 0 saturated heterocycles. The molecule has 8 heteroatoms. The number of amides is 2. The van der Waals surface area contributed by atoms with Gasteiger partial charge in [0.2, 0.25) is 5.95 Å². The number of urea groups is 1. The van der Waals surface area contributed by atoms with Gasteiger partial charge in [-0.1, -0.05) is 12.1 Å². The van der Waals surface area contributed by atoms with Gasteiger partial charge in [-0.05, 0) is 37.6 Å². The molecule has 0 atom stereocenters. The highest BCUT2D eigenvalue weighted by molar-refractivity contribution is 6.05. The molecule has 1 aliphatic rings. The van der Waals surface area contributed by atoms with E-state index in [1.807, 2.05) is 32.0 Å². The van der Waals surface area contributed by atoms with Gasteiger partial charge in [-0.15, -0.1) is 0 Å². The van der Waals surface area contributed by atoms with Crippen molar-refractivity contribution in [3.63, 3.8) is 0 Å². The standard InChI is InChI=1S/C21H20N6O2/c1-13-4-6-15(12-28)8-18(13)27-11-16-9-23-20(25-19(16)26(3)21(27)29)24-17-7-5-14(2)22-10-17/h4-10,12H,11H2,1-3H3,(H,23,24,25). The lowest BCUT2D eigenvalue weighted by Gasteiger charge is -2.34. The van der Waals surface area contributed by atoms with E-state index < -0.39 is 0 Å². The quantitative estimate of drug-likeness (QED) is 0.687. The van der Waals surface area contributed by atoms with Crippen LogP contribution < -0.4 is 15.1 Å². The van der Waals surface area contributed by atoms with Crippen LogP contribution in [-0.2, 0) is 6.54 Å². The van der Waals surface area contributed by atoms with Crippen LogP contribution in [0.1, 0.15) is 27.2 Å². The Morgan fingerprint density at radius 2 is 1.93 bits per heavy atom. The van der Waals surface area contributed by atoms with Gasteiger partial charge in [0, 0.05) is 35.8 Å². The average molecular weight is 388 g/mol. The normalized spacial score (nSPS) is 13.3. The van der Waals surface area contributed by atoms with Gasteiger partial charge >= 0.3 is 6.03 Å². The van der Waals surface area contributed by atoms with E-state index in [1.165, 1.54) is 4.90 Å². The van der Waals surface area contributed by atoms with E-state index in [2.05, 4.69) is 20.3 Å². The number of anilines is 4. The molecule has 1 N–H and O–H groups in total. The highest BCUT2D eigenvalue weighted by Crippen LogP contribution is 2.32. The Labute approximate surface area is 168 Å². The highest BCUT2D eigenvalue weighted by Gasteiger charge is 2.31. The fourth-order valence-electron chi connectivity index (χ4n) is 3.22. The smallest absolute Gasteiger partial charge is 0.323 e. The van der Waals surface area contributed by atoms with Crippen molar-refractivity contribution in [3.8, 4) is 0 Å². The molecule has 0 radical (unpaired) electrons. The largest absolute Gasteiger partial charge is 0.330 e. The van der Waals surface area contributed by atoms with Crippen molar-refractivity contribution in [1.29, 1.82) is 0 Å². The molecule has 8 nitrogen and oxygen atoms in total. The van der Waals surface area contributed by atoms with Crippen LogP contribution in [0.15, 0.2) is 42.7 Å². The number of hydrogen-bond acceptors (Lipinski definition) is 6. The summed E-state index contributed by atoms with van der Waals surface area (Å²) in [6.45, 7) is 4.15. The minimum Gasteiger partial charge on any atom is -0.323 e. The molecule has 2 aromatic heterocycles. The molecule has 0 spiro atoms. The van der Waals surface area contributed by atoms with Crippen LogP contribution in [0.5, 0.6) is 0 Å². The van der Waals surface area contributed by atoms with Gasteiger partial charge < -0.3 is 5.32 Å². The Kier molecular flexibility index (Phi) is 4.67. The number of hydrogen-bond donors (Lipinski definition) is 1. The monoisotopic (exact) mass is 388 g/mol. The van der Waals surface area contributed by atoms with Crippen LogP contribution in [0.4, 0.5) is 27.9 Å². The summed E-state index contributed by atoms with van der Waals surface area (Å²) in [6, 6.07) is 8.86. The zero-order valence-corrected chi connectivity index (χ0v) is 16.4. The van der Waals surface area contributed by atoms with Crippen LogP contribution in [-0.4, -0.2) is 34.3 Å². The summed E-state index contributed by atoms with van der Waals surface area (Å²) in [4.78, 5) is 40.4. The topological polar surface area (TPSA) is 91.3 Å². The predicted octanol–water partition coefficient (Wildman–Crippen LogP) is 3.62. The number of nitrogens with zero attached hydrogens (tertiary/aromatic N) is 5. The maximum Gasteiger partial charge on any atom is 0.330 e. The maximum absolute atomic E-state index is 13.0. The molecule has 0 bridgehead atoms. The minimum atomic E-state index is -0.217. The molecule has 146 valence electrons. The molecular weight excluding hydrogens is 368 g/mol. The molecule has 0 unspecified atom stereocenters. The fraction of sp³-hybridized carbons (Fsp3) is 0.190. The number of benzene rings is 1. The summed E-state index contributed by atoms with van der Waals surface area (Å²) < 4.78 is 0. The van der Waals surface area contributed by atoms with Gasteiger partial charge in [0.1, 0.15) is 12.1 Å². The molecule has 2 amide bonds. The molecule has 1 aliphatic heterocycles. The van der Waals surface area contributed by atoms with Crippen molar-refractivity contribution < 1.29 is 9.59 Å². The van der Waals surface area contributed by atoms with Crippen molar-refractivity contribution in [2.24, 2.45) is 0 Å². The Bertz CT molecular complexity index is 1100. The average Bonchev–Trinajstić information content (AvgIpc) is 2.73. The van der Waals surface area contributed by atoms with E-state index in [4.69, 9.17) is 0 Å². The third-order valence-electron chi connectivity index (χ3n) is 4.83. The molecule has 3 aromatic rings. The summed E-state index contributed by atoms with van der Waals surface area (Å²) in [5, 5.41) is 3.11.